The number of amides is 1. The van der Waals surface area contributed by atoms with Crippen LogP contribution in [-0.4, -0.2) is 36.2 Å². The van der Waals surface area contributed by atoms with Crippen molar-refractivity contribution in [2.24, 2.45) is 0 Å². The van der Waals surface area contributed by atoms with E-state index in [1.807, 2.05) is 6.07 Å². The van der Waals surface area contributed by atoms with Gasteiger partial charge >= 0.3 is 11.9 Å². The number of rotatable bonds is 9. The molecule has 1 saturated carbocycles. The number of anilines is 1. The van der Waals surface area contributed by atoms with Gasteiger partial charge < -0.3 is 20.5 Å². The van der Waals surface area contributed by atoms with Gasteiger partial charge in [0.15, 0.2) is 0 Å². The summed E-state index contributed by atoms with van der Waals surface area (Å²) in [6, 6.07) is 9.02. The topological polar surface area (TPSA) is 132 Å². The lowest BCUT2D eigenvalue weighted by Gasteiger charge is -2.10. The van der Waals surface area contributed by atoms with Crippen LogP contribution in [0.4, 0.5) is 5.00 Å². The highest BCUT2D eigenvalue weighted by Crippen LogP contribution is 2.32. The number of carbonyl (C=O) groups is 3. The van der Waals surface area contributed by atoms with Gasteiger partial charge in [-0.05, 0) is 31.9 Å². The number of carbonyl (C=O) groups excluding carboxylic acids is 3. The minimum Gasteiger partial charge on any atom is -0.462 e. The number of hydrogen-bond acceptors (Lipinski definition) is 9. The molecule has 3 rings (SSSR count). The van der Waals surface area contributed by atoms with Crippen LogP contribution in [0.5, 0.6) is 0 Å². The van der Waals surface area contributed by atoms with Gasteiger partial charge in [-0.15, -0.1) is 23.1 Å². The molecule has 1 amide bonds. The zero-order valence-corrected chi connectivity index (χ0v) is 18.4. The molecule has 1 aliphatic rings. The fraction of sp³-hybridized carbons (Fsp3) is 0.333. The maximum atomic E-state index is 12.7. The first-order valence-electron chi connectivity index (χ1n) is 9.61. The van der Waals surface area contributed by atoms with E-state index in [0.29, 0.717) is 10.5 Å². The third kappa shape index (κ3) is 5.77. The number of hydrogen-bond donors (Lipinski definition) is 2. The Labute approximate surface area is 187 Å². The number of esters is 2. The van der Waals surface area contributed by atoms with Gasteiger partial charge in [-0.2, -0.15) is 5.26 Å². The third-order valence-corrected chi connectivity index (χ3v) is 6.48. The first kappa shape index (κ1) is 22.7. The van der Waals surface area contributed by atoms with Gasteiger partial charge in [0, 0.05) is 16.5 Å². The number of nitrogens with zero attached hydrogens (tertiary/aromatic N) is 1. The van der Waals surface area contributed by atoms with Crippen molar-refractivity contribution in [1.82, 2.24) is 5.32 Å². The van der Waals surface area contributed by atoms with Crippen molar-refractivity contribution < 1.29 is 23.9 Å². The van der Waals surface area contributed by atoms with Crippen molar-refractivity contribution in [2.75, 3.05) is 18.1 Å². The lowest BCUT2D eigenvalue weighted by atomic mass is 10.1. The Balaban J connectivity index is 1.71. The first-order valence-corrected chi connectivity index (χ1v) is 11.4. The van der Waals surface area contributed by atoms with E-state index in [9.17, 15) is 19.6 Å². The summed E-state index contributed by atoms with van der Waals surface area (Å²) in [4.78, 5) is 37.6. The Bertz CT molecular complexity index is 1040. The molecule has 3 N–H and O–H groups in total. The van der Waals surface area contributed by atoms with Crippen LogP contribution in [0.1, 0.15) is 50.9 Å². The standard InChI is InChI=1S/C21H21N3O5S2/c1-2-28-21(27)18-15(14(9-22)19(23)31-18)10-29-20(26)13-5-3-4-6-16(13)30-11-17(25)24-12-7-8-12/h3-6,12H,2,7-8,10-11,23H2,1H3,(H,24,25). The molecular weight excluding hydrogens is 438 g/mol. The molecule has 0 spiro atoms. The summed E-state index contributed by atoms with van der Waals surface area (Å²) < 4.78 is 10.4. The number of thiophene rings is 1. The quantitative estimate of drug-likeness (QED) is 0.432. The number of nitrogen functional groups attached to an aromatic ring is 1. The molecule has 1 heterocycles. The van der Waals surface area contributed by atoms with Gasteiger partial charge in [0.05, 0.1) is 23.5 Å². The molecule has 1 aromatic heterocycles. The fourth-order valence-electron chi connectivity index (χ4n) is 2.72. The average molecular weight is 460 g/mol. The molecular formula is C21H21N3O5S2. The zero-order chi connectivity index (χ0) is 22.4. The lowest BCUT2D eigenvalue weighted by molar-refractivity contribution is -0.118. The molecule has 1 aromatic carbocycles. The predicted molar refractivity (Wildman–Crippen MR) is 117 cm³/mol. The van der Waals surface area contributed by atoms with Crippen molar-refractivity contribution in [3.05, 3.63) is 45.8 Å². The van der Waals surface area contributed by atoms with E-state index in [1.54, 1.807) is 31.2 Å². The largest absolute Gasteiger partial charge is 0.462 e. The summed E-state index contributed by atoms with van der Waals surface area (Å²) in [5.74, 6) is -1.14. The second-order valence-electron chi connectivity index (χ2n) is 6.68. The van der Waals surface area contributed by atoms with Crippen molar-refractivity contribution in [2.45, 2.75) is 37.3 Å². The molecule has 31 heavy (non-hydrogen) atoms. The van der Waals surface area contributed by atoms with Gasteiger partial charge in [0.2, 0.25) is 5.91 Å². The van der Waals surface area contributed by atoms with Crippen LogP contribution in [0.25, 0.3) is 0 Å². The summed E-state index contributed by atoms with van der Waals surface area (Å²) >= 11 is 2.17. The van der Waals surface area contributed by atoms with Crippen LogP contribution in [0, 0.1) is 11.3 Å². The third-order valence-electron chi connectivity index (χ3n) is 4.36. The number of nitrogens with one attached hydrogen (secondary N) is 1. The number of thioether (sulfide) groups is 1. The van der Waals surface area contributed by atoms with Crippen LogP contribution >= 0.6 is 23.1 Å². The van der Waals surface area contributed by atoms with Gasteiger partial charge in [0.25, 0.3) is 0 Å². The molecule has 0 saturated heterocycles. The van der Waals surface area contributed by atoms with E-state index in [0.717, 1.165) is 24.2 Å². The minimum absolute atomic E-state index is 0.0813. The van der Waals surface area contributed by atoms with Crippen molar-refractivity contribution in [3.8, 4) is 6.07 Å². The maximum absolute atomic E-state index is 12.7. The van der Waals surface area contributed by atoms with E-state index >= 15 is 0 Å². The lowest BCUT2D eigenvalue weighted by Crippen LogP contribution is -2.27. The number of ether oxygens (including phenoxy) is 2. The van der Waals surface area contributed by atoms with Crippen LogP contribution in [0.15, 0.2) is 29.2 Å². The normalized spacial score (nSPS) is 12.6. The average Bonchev–Trinajstić information content (AvgIpc) is 3.51. The van der Waals surface area contributed by atoms with Crippen LogP contribution in [0.3, 0.4) is 0 Å². The van der Waals surface area contributed by atoms with Gasteiger partial charge in [-0.1, -0.05) is 12.1 Å². The number of benzene rings is 1. The molecule has 1 aliphatic carbocycles. The Morgan fingerprint density at radius 3 is 2.68 bits per heavy atom. The summed E-state index contributed by atoms with van der Waals surface area (Å²) in [7, 11) is 0. The minimum atomic E-state index is -0.630. The predicted octanol–water partition coefficient (Wildman–Crippen LogP) is 3.11. The van der Waals surface area contributed by atoms with Gasteiger partial charge in [-0.3, -0.25) is 4.79 Å². The highest BCUT2D eigenvalue weighted by molar-refractivity contribution is 8.00. The van der Waals surface area contributed by atoms with E-state index in [-0.39, 0.29) is 51.9 Å². The summed E-state index contributed by atoms with van der Waals surface area (Å²) in [5, 5.41) is 12.4. The van der Waals surface area contributed by atoms with E-state index in [2.05, 4.69) is 5.32 Å². The monoisotopic (exact) mass is 459 g/mol. The van der Waals surface area contributed by atoms with E-state index in [4.69, 9.17) is 15.2 Å². The molecule has 0 atom stereocenters. The van der Waals surface area contributed by atoms with Crippen LogP contribution in [0.2, 0.25) is 0 Å². The second kappa shape index (κ2) is 10.3. The van der Waals surface area contributed by atoms with E-state index < -0.39 is 11.9 Å². The number of nitriles is 1. The van der Waals surface area contributed by atoms with Crippen LogP contribution < -0.4 is 11.1 Å². The van der Waals surface area contributed by atoms with Gasteiger partial charge in [0.1, 0.15) is 22.6 Å². The SMILES string of the molecule is CCOC(=O)c1sc(N)c(C#N)c1COC(=O)c1ccccc1SCC(=O)NC1CC1. The molecule has 0 unspecified atom stereocenters. The summed E-state index contributed by atoms with van der Waals surface area (Å²) in [6.45, 7) is 1.53. The highest BCUT2D eigenvalue weighted by atomic mass is 32.2. The molecule has 10 heteroatoms. The second-order valence-corrected chi connectivity index (χ2v) is 8.75. The molecule has 2 aromatic rings. The fourth-order valence-corrected chi connectivity index (χ4v) is 4.49. The molecule has 0 radical (unpaired) electrons. The molecule has 1 fully saturated rings. The summed E-state index contributed by atoms with van der Waals surface area (Å²) in [6.07, 6.45) is 2.01. The summed E-state index contributed by atoms with van der Waals surface area (Å²) in [5.41, 5.74) is 6.46. The molecule has 0 aliphatic heterocycles. The Hall–Kier alpha value is -3.03. The van der Waals surface area contributed by atoms with Crippen molar-refractivity contribution in [1.29, 1.82) is 5.26 Å². The van der Waals surface area contributed by atoms with E-state index in [1.165, 1.54) is 11.8 Å². The smallest absolute Gasteiger partial charge is 0.348 e. The molecule has 0 bridgehead atoms. The Kier molecular flexibility index (Phi) is 7.55. The van der Waals surface area contributed by atoms with Gasteiger partial charge in [-0.25, -0.2) is 9.59 Å². The Morgan fingerprint density at radius 2 is 2.00 bits per heavy atom. The zero-order valence-electron chi connectivity index (χ0n) is 16.8. The first-order chi connectivity index (χ1) is 14.9. The maximum Gasteiger partial charge on any atom is 0.348 e. The van der Waals surface area contributed by atoms with Crippen LogP contribution in [-0.2, 0) is 20.9 Å². The molecule has 8 nitrogen and oxygen atoms in total. The molecule has 162 valence electrons. The van der Waals surface area contributed by atoms with Crippen molar-refractivity contribution >= 4 is 45.9 Å². The Morgan fingerprint density at radius 1 is 1.26 bits per heavy atom. The number of nitrogens with two attached hydrogens (primary N) is 1. The van der Waals surface area contributed by atoms with Crippen molar-refractivity contribution in [3.63, 3.8) is 0 Å². The highest BCUT2D eigenvalue weighted by Gasteiger charge is 2.25.